The zero-order chi connectivity index (χ0) is 12.4. The molecule has 96 valence electrons. The maximum Gasteiger partial charge on any atom is 0.137 e. The highest BCUT2D eigenvalue weighted by Gasteiger charge is 2.18. The third kappa shape index (κ3) is 2.40. The minimum Gasteiger partial charge on any atom is -0.346 e. The van der Waals surface area contributed by atoms with E-state index in [9.17, 15) is 0 Å². The number of rotatable bonds is 3. The van der Waals surface area contributed by atoms with Crippen molar-refractivity contribution < 1.29 is 0 Å². The maximum absolute atomic E-state index is 5.92. The molecular weight excluding hydrogens is 224 g/mol. The number of aromatic nitrogens is 2. The van der Waals surface area contributed by atoms with Crippen LogP contribution in [0.25, 0.3) is 11.0 Å². The lowest BCUT2D eigenvalue weighted by Gasteiger charge is -2.26. The molecule has 0 saturated heterocycles. The second-order valence-corrected chi connectivity index (χ2v) is 5.21. The van der Waals surface area contributed by atoms with Gasteiger partial charge in [0, 0.05) is 36.4 Å². The summed E-state index contributed by atoms with van der Waals surface area (Å²) in [4.78, 5) is 7.52. The maximum atomic E-state index is 5.92. The predicted molar refractivity (Wildman–Crippen MR) is 73.2 cm³/mol. The zero-order valence-electron chi connectivity index (χ0n) is 10.5. The van der Waals surface area contributed by atoms with Gasteiger partial charge in [0.2, 0.25) is 0 Å². The van der Waals surface area contributed by atoms with Gasteiger partial charge in [-0.3, -0.25) is 0 Å². The Balaban J connectivity index is 1.63. The SMILES string of the molecule is NC1CCC(NCc2c[nH]c3ncccc23)CC1. The highest BCUT2D eigenvalue weighted by molar-refractivity contribution is 5.79. The van der Waals surface area contributed by atoms with Gasteiger partial charge in [0.05, 0.1) is 0 Å². The van der Waals surface area contributed by atoms with Crippen molar-refractivity contribution in [2.24, 2.45) is 5.73 Å². The molecule has 4 N–H and O–H groups in total. The average Bonchev–Trinajstić information content (AvgIpc) is 2.82. The van der Waals surface area contributed by atoms with E-state index in [1.807, 2.05) is 12.3 Å². The molecular formula is C14H20N4. The molecule has 1 aliphatic carbocycles. The Morgan fingerprint density at radius 3 is 3.00 bits per heavy atom. The second kappa shape index (κ2) is 5.08. The van der Waals surface area contributed by atoms with Gasteiger partial charge in [-0.2, -0.15) is 0 Å². The molecule has 0 unspecified atom stereocenters. The third-order valence-corrected chi connectivity index (χ3v) is 3.89. The van der Waals surface area contributed by atoms with Crippen molar-refractivity contribution >= 4 is 11.0 Å². The molecule has 2 aromatic heterocycles. The first kappa shape index (κ1) is 11.7. The summed E-state index contributed by atoms with van der Waals surface area (Å²) in [5, 5.41) is 4.85. The van der Waals surface area contributed by atoms with E-state index in [1.54, 1.807) is 0 Å². The molecule has 4 heteroatoms. The first-order valence-corrected chi connectivity index (χ1v) is 6.73. The lowest BCUT2D eigenvalue weighted by molar-refractivity contribution is 0.342. The van der Waals surface area contributed by atoms with Gasteiger partial charge in [0.1, 0.15) is 5.65 Å². The van der Waals surface area contributed by atoms with Crippen molar-refractivity contribution in [1.82, 2.24) is 15.3 Å². The number of nitrogens with zero attached hydrogens (tertiary/aromatic N) is 1. The Labute approximate surface area is 107 Å². The van der Waals surface area contributed by atoms with E-state index in [0.29, 0.717) is 12.1 Å². The van der Waals surface area contributed by atoms with Crippen LogP contribution < -0.4 is 11.1 Å². The molecule has 3 rings (SSSR count). The van der Waals surface area contributed by atoms with Gasteiger partial charge in [-0.1, -0.05) is 0 Å². The lowest BCUT2D eigenvalue weighted by Crippen LogP contribution is -2.36. The van der Waals surface area contributed by atoms with Gasteiger partial charge >= 0.3 is 0 Å². The Morgan fingerprint density at radius 2 is 2.17 bits per heavy atom. The summed E-state index contributed by atoms with van der Waals surface area (Å²) >= 11 is 0. The standard InChI is InChI=1S/C14H20N4/c15-11-3-5-12(6-4-11)17-8-10-9-18-14-13(10)2-1-7-16-14/h1-2,7,9,11-12,17H,3-6,8,15H2,(H,16,18). The van der Waals surface area contributed by atoms with E-state index >= 15 is 0 Å². The Hall–Kier alpha value is -1.39. The fraction of sp³-hybridized carbons (Fsp3) is 0.500. The van der Waals surface area contributed by atoms with E-state index in [-0.39, 0.29) is 0 Å². The van der Waals surface area contributed by atoms with Crippen molar-refractivity contribution in [3.05, 3.63) is 30.1 Å². The van der Waals surface area contributed by atoms with Gasteiger partial charge in [0.15, 0.2) is 0 Å². The van der Waals surface area contributed by atoms with Gasteiger partial charge in [0.25, 0.3) is 0 Å². The predicted octanol–water partition coefficient (Wildman–Crippen LogP) is 1.92. The number of hydrogen-bond donors (Lipinski definition) is 3. The van der Waals surface area contributed by atoms with Crippen LogP contribution in [0.2, 0.25) is 0 Å². The van der Waals surface area contributed by atoms with E-state index in [2.05, 4.69) is 27.5 Å². The Morgan fingerprint density at radius 1 is 1.33 bits per heavy atom. The Bertz CT molecular complexity index is 511. The molecule has 0 bridgehead atoms. The van der Waals surface area contributed by atoms with Crippen LogP contribution in [0, 0.1) is 0 Å². The molecule has 1 aliphatic rings. The average molecular weight is 244 g/mol. The summed E-state index contributed by atoms with van der Waals surface area (Å²) in [6.07, 6.45) is 8.56. The van der Waals surface area contributed by atoms with Crippen molar-refractivity contribution in [1.29, 1.82) is 0 Å². The first-order valence-electron chi connectivity index (χ1n) is 6.73. The minimum atomic E-state index is 0.417. The van der Waals surface area contributed by atoms with Crippen molar-refractivity contribution in [3.8, 4) is 0 Å². The highest BCUT2D eigenvalue weighted by Crippen LogP contribution is 2.19. The lowest BCUT2D eigenvalue weighted by atomic mass is 9.92. The normalized spacial score (nSPS) is 24.5. The third-order valence-electron chi connectivity index (χ3n) is 3.89. The van der Waals surface area contributed by atoms with E-state index in [0.717, 1.165) is 25.0 Å². The highest BCUT2D eigenvalue weighted by atomic mass is 14.9. The van der Waals surface area contributed by atoms with Crippen LogP contribution in [0.15, 0.2) is 24.5 Å². The smallest absolute Gasteiger partial charge is 0.137 e. The quantitative estimate of drug-likeness (QED) is 0.772. The molecule has 0 amide bonds. The van der Waals surface area contributed by atoms with E-state index in [4.69, 9.17) is 5.73 Å². The fourth-order valence-corrected chi connectivity index (χ4v) is 2.74. The minimum absolute atomic E-state index is 0.417. The molecule has 18 heavy (non-hydrogen) atoms. The second-order valence-electron chi connectivity index (χ2n) is 5.21. The van der Waals surface area contributed by atoms with Crippen LogP contribution in [0.1, 0.15) is 31.2 Å². The summed E-state index contributed by atoms with van der Waals surface area (Å²) in [5.74, 6) is 0. The van der Waals surface area contributed by atoms with Crippen molar-refractivity contribution in [2.75, 3.05) is 0 Å². The summed E-state index contributed by atoms with van der Waals surface area (Å²) in [7, 11) is 0. The van der Waals surface area contributed by atoms with Crippen molar-refractivity contribution in [3.63, 3.8) is 0 Å². The summed E-state index contributed by atoms with van der Waals surface area (Å²) in [5.41, 5.74) is 8.19. The summed E-state index contributed by atoms with van der Waals surface area (Å²) in [6.45, 7) is 0.908. The number of pyridine rings is 1. The molecule has 0 radical (unpaired) electrons. The van der Waals surface area contributed by atoms with Gasteiger partial charge < -0.3 is 16.0 Å². The monoisotopic (exact) mass is 244 g/mol. The Kier molecular flexibility index (Phi) is 3.30. The van der Waals surface area contributed by atoms with E-state index < -0.39 is 0 Å². The van der Waals surface area contributed by atoms with Crippen LogP contribution in [-0.2, 0) is 6.54 Å². The number of hydrogen-bond acceptors (Lipinski definition) is 3. The number of fused-ring (bicyclic) bond motifs is 1. The van der Waals surface area contributed by atoms with Crippen LogP contribution in [0.3, 0.4) is 0 Å². The summed E-state index contributed by atoms with van der Waals surface area (Å²) < 4.78 is 0. The van der Waals surface area contributed by atoms with Crippen LogP contribution >= 0.6 is 0 Å². The molecule has 0 aliphatic heterocycles. The van der Waals surface area contributed by atoms with Crippen LogP contribution in [-0.4, -0.2) is 22.1 Å². The molecule has 0 spiro atoms. The molecule has 1 fully saturated rings. The molecule has 2 aromatic rings. The van der Waals surface area contributed by atoms with E-state index in [1.165, 1.54) is 23.8 Å². The first-order chi connectivity index (χ1) is 8.83. The van der Waals surface area contributed by atoms with Gasteiger partial charge in [-0.25, -0.2) is 4.98 Å². The number of H-pyrrole nitrogens is 1. The topological polar surface area (TPSA) is 66.7 Å². The molecule has 0 aromatic carbocycles. The molecule has 4 nitrogen and oxygen atoms in total. The van der Waals surface area contributed by atoms with Gasteiger partial charge in [-0.05, 0) is 43.4 Å². The van der Waals surface area contributed by atoms with Gasteiger partial charge in [-0.15, -0.1) is 0 Å². The fourth-order valence-electron chi connectivity index (χ4n) is 2.74. The largest absolute Gasteiger partial charge is 0.346 e. The number of aromatic amines is 1. The van der Waals surface area contributed by atoms with Crippen LogP contribution in [0.4, 0.5) is 0 Å². The number of nitrogens with two attached hydrogens (primary N) is 1. The zero-order valence-corrected chi connectivity index (χ0v) is 10.5. The summed E-state index contributed by atoms with van der Waals surface area (Å²) in [6, 6.07) is 5.14. The molecule has 2 heterocycles. The van der Waals surface area contributed by atoms with Crippen LogP contribution in [0.5, 0.6) is 0 Å². The molecule has 1 saturated carbocycles. The molecule has 0 atom stereocenters. The number of nitrogens with one attached hydrogen (secondary N) is 2. The van der Waals surface area contributed by atoms with Crippen molar-refractivity contribution in [2.45, 2.75) is 44.3 Å².